The number of alkyl halides is 3. The number of rotatable bonds is 3. The Bertz CT molecular complexity index is 651. The summed E-state index contributed by atoms with van der Waals surface area (Å²) in [6.45, 7) is 0.969. The lowest BCUT2D eigenvalue weighted by molar-refractivity contribution is -0.137. The minimum atomic E-state index is -4.37. The number of nitrogens with zero attached hydrogens (tertiary/aromatic N) is 1. The van der Waals surface area contributed by atoms with Crippen LogP contribution >= 0.6 is 0 Å². The zero-order valence-corrected chi connectivity index (χ0v) is 13.1. The van der Waals surface area contributed by atoms with E-state index in [0.29, 0.717) is 37.9 Å². The summed E-state index contributed by atoms with van der Waals surface area (Å²) in [4.78, 5) is 25.4. The highest BCUT2D eigenvalue weighted by Crippen LogP contribution is 2.49. The van der Waals surface area contributed by atoms with Gasteiger partial charge in [0.25, 0.3) is 0 Å². The molecule has 3 rings (SSSR count). The quantitative estimate of drug-likeness (QED) is 0.919. The van der Waals surface area contributed by atoms with Gasteiger partial charge in [0.2, 0.25) is 11.8 Å². The van der Waals surface area contributed by atoms with Crippen molar-refractivity contribution in [2.75, 3.05) is 13.1 Å². The molecule has 2 fully saturated rings. The van der Waals surface area contributed by atoms with Crippen LogP contribution in [0.4, 0.5) is 13.2 Å². The van der Waals surface area contributed by atoms with Crippen LogP contribution in [0.5, 0.6) is 0 Å². The summed E-state index contributed by atoms with van der Waals surface area (Å²) in [5.74, 6) is -0.949. The Hall–Kier alpha value is -2.05. The Morgan fingerprint density at radius 3 is 2.42 bits per heavy atom. The van der Waals surface area contributed by atoms with Crippen LogP contribution < -0.4 is 5.73 Å². The van der Waals surface area contributed by atoms with E-state index in [9.17, 15) is 22.8 Å². The second kappa shape index (κ2) is 6.11. The van der Waals surface area contributed by atoms with Crippen molar-refractivity contribution in [3.05, 3.63) is 35.4 Å². The van der Waals surface area contributed by atoms with Gasteiger partial charge in [0.05, 0.1) is 5.56 Å². The van der Waals surface area contributed by atoms with Crippen LogP contribution in [-0.4, -0.2) is 29.8 Å². The van der Waals surface area contributed by atoms with Gasteiger partial charge >= 0.3 is 6.18 Å². The van der Waals surface area contributed by atoms with E-state index < -0.39 is 11.7 Å². The second-order valence-corrected chi connectivity index (χ2v) is 6.57. The SMILES string of the molecule is NC(=O)C1CCN(C(=O)C2CC2c2cccc(C(F)(F)F)c2)CC1. The highest BCUT2D eigenvalue weighted by atomic mass is 19.4. The van der Waals surface area contributed by atoms with E-state index in [2.05, 4.69) is 0 Å². The van der Waals surface area contributed by atoms with Crippen LogP contribution in [0.1, 0.15) is 36.3 Å². The van der Waals surface area contributed by atoms with Crippen LogP contribution in [0, 0.1) is 11.8 Å². The third-order valence-corrected chi connectivity index (χ3v) is 4.96. The van der Waals surface area contributed by atoms with Crippen molar-refractivity contribution in [3.63, 3.8) is 0 Å². The summed E-state index contributed by atoms with van der Waals surface area (Å²) in [6, 6.07) is 5.21. The maximum absolute atomic E-state index is 12.8. The van der Waals surface area contributed by atoms with Crippen LogP contribution in [0.3, 0.4) is 0 Å². The molecule has 2 atom stereocenters. The highest BCUT2D eigenvalue weighted by Gasteiger charge is 2.46. The summed E-state index contributed by atoms with van der Waals surface area (Å²) in [5.41, 5.74) is 5.16. The number of likely N-dealkylation sites (tertiary alicyclic amines) is 1. The number of halogens is 3. The first-order valence-corrected chi connectivity index (χ1v) is 8.02. The van der Waals surface area contributed by atoms with Gasteiger partial charge in [-0.3, -0.25) is 9.59 Å². The molecule has 0 bridgehead atoms. The zero-order chi connectivity index (χ0) is 17.5. The lowest BCUT2D eigenvalue weighted by Crippen LogP contribution is -2.42. The number of amides is 2. The Kier molecular flexibility index (Phi) is 4.27. The monoisotopic (exact) mass is 340 g/mol. The summed E-state index contributed by atoms with van der Waals surface area (Å²) in [6.07, 6.45) is -2.68. The van der Waals surface area contributed by atoms with E-state index >= 15 is 0 Å². The topological polar surface area (TPSA) is 63.4 Å². The second-order valence-electron chi connectivity index (χ2n) is 6.57. The van der Waals surface area contributed by atoms with Crippen molar-refractivity contribution in [3.8, 4) is 0 Å². The first-order valence-electron chi connectivity index (χ1n) is 8.02. The molecule has 2 N–H and O–H groups in total. The largest absolute Gasteiger partial charge is 0.416 e. The summed E-state index contributed by atoms with van der Waals surface area (Å²) in [5, 5.41) is 0. The minimum absolute atomic E-state index is 0.0275. The molecule has 1 aromatic rings. The molecule has 1 saturated heterocycles. The number of hydrogen-bond acceptors (Lipinski definition) is 2. The average molecular weight is 340 g/mol. The molecule has 2 aliphatic rings. The maximum Gasteiger partial charge on any atom is 0.416 e. The van der Waals surface area contributed by atoms with E-state index in [1.165, 1.54) is 6.07 Å². The Morgan fingerprint density at radius 1 is 1.17 bits per heavy atom. The lowest BCUT2D eigenvalue weighted by atomic mass is 9.96. The molecule has 2 amide bonds. The molecular weight excluding hydrogens is 321 g/mol. The molecule has 0 aromatic heterocycles. The number of benzene rings is 1. The van der Waals surface area contributed by atoms with Gasteiger partial charge in [-0.2, -0.15) is 13.2 Å². The van der Waals surface area contributed by atoms with E-state index in [4.69, 9.17) is 5.73 Å². The standard InChI is InChI=1S/C17H19F3N2O2/c18-17(19,20)12-3-1-2-11(8-12)13-9-14(13)16(24)22-6-4-10(5-7-22)15(21)23/h1-3,8,10,13-14H,4-7,9H2,(H2,21,23). The molecule has 1 aromatic carbocycles. The first-order chi connectivity index (χ1) is 11.3. The highest BCUT2D eigenvalue weighted by molar-refractivity contribution is 5.83. The normalized spacial score (nSPS) is 24.7. The number of primary amides is 1. The van der Waals surface area contributed by atoms with Crippen LogP contribution in [0.25, 0.3) is 0 Å². The smallest absolute Gasteiger partial charge is 0.369 e. The summed E-state index contributed by atoms with van der Waals surface area (Å²) in [7, 11) is 0. The predicted molar refractivity (Wildman–Crippen MR) is 80.8 cm³/mol. The van der Waals surface area contributed by atoms with Crippen molar-refractivity contribution < 1.29 is 22.8 Å². The molecule has 24 heavy (non-hydrogen) atoms. The predicted octanol–water partition coefficient (Wildman–Crippen LogP) is 2.53. The van der Waals surface area contributed by atoms with Crippen molar-refractivity contribution in [1.29, 1.82) is 0 Å². The Balaban J connectivity index is 1.61. The van der Waals surface area contributed by atoms with Crippen molar-refractivity contribution in [2.24, 2.45) is 17.6 Å². The molecule has 7 heteroatoms. The molecular formula is C17H19F3N2O2. The van der Waals surface area contributed by atoms with Gasteiger partial charge in [-0.15, -0.1) is 0 Å². The van der Waals surface area contributed by atoms with Gasteiger partial charge in [0, 0.05) is 24.9 Å². The van der Waals surface area contributed by atoms with Gasteiger partial charge in [0.15, 0.2) is 0 Å². The number of hydrogen-bond donors (Lipinski definition) is 1. The van der Waals surface area contributed by atoms with Crippen molar-refractivity contribution in [1.82, 2.24) is 4.90 Å². The molecule has 1 aliphatic carbocycles. The van der Waals surface area contributed by atoms with Crippen molar-refractivity contribution in [2.45, 2.75) is 31.4 Å². The fourth-order valence-corrected chi connectivity index (χ4v) is 3.40. The number of piperidine rings is 1. The third-order valence-electron chi connectivity index (χ3n) is 4.96. The molecule has 1 heterocycles. The Morgan fingerprint density at radius 2 is 1.83 bits per heavy atom. The maximum atomic E-state index is 12.8. The molecule has 0 spiro atoms. The number of nitrogens with two attached hydrogens (primary N) is 1. The number of carbonyl (C=O) groups is 2. The van der Waals surface area contributed by atoms with Gasteiger partial charge in [-0.25, -0.2) is 0 Å². The van der Waals surface area contributed by atoms with Gasteiger partial charge in [-0.1, -0.05) is 18.2 Å². The lowest BCUT2D eigenvalue weighted by Gasteiger charge is -2.30. The van der Waals surface area contributed by atoms with Gasteiger partial charge in [-0.05, 0) is 36.8 Å². The molecule has 4 nitrogen and oxygen atoms in total. The first kappa shape index (κ1) is 16.8. The van der Waals surface area contributed by atoms with Crippen LogP contribution in [-0.2, 0) is 15.8 Å². The minimum Gasteiger partial charge on any atom is -0.369 e. The van der Waals surface area contributed by atoms with E-state index in [1.54, 1.807) is 11.0 Å². The molecule has 0 radical (unpaired) electrons. The molecule has 130 valence electrons. The molecule has 2 unspecified atom stereocenters. The van der Waals surface area contributed by atoms with Crippen LogP contribution in [0.15, 0.2) is 24.3 Å². The molecule has 1 aliphatic heterocycles. The summed E-state index contributed by atoms with van der Waals surface area (Å²) < 4.78 is 38.4. The van der Waals surface area contributed by atoms with Crippen molar-refractivity contribution >= 4 is 11.8 Å². The van der Waals surface area contributed by atoms with E-state index in [1.807, 2.05) is 0 Å². The number of carbonyl (C=O) groups excluding carboxylic acids is 2. The fraction of sp³-hybridized carbons (Fsp3) is 0.529. The Labute approximate surface area is 137 Å². The zero-order valence-electron chi connectivity index (χ0n) is 13.1. The fourth-order valence-electron chi connectivity index (χ4n) is 3.40. The summed E-state index contributed by atoms with van der Waals surface area (Å²) >= 11 is 0. The van der Waals surface area contributed by atoms with Gasteiger partial charge < -0.3 is 10.6 Å². The van der Waals surface area contributed by atoms with E-state index in [-0.39, 0.29) is 29.6 Å². The van der Waals surface area contributed by atoms with Gasteiger partial charge in [0.1, 0.15) is 0 Å². The molecule has 1 saturated carbocycles. The van der Waals surface area contributed by atoms with Crippen LogP contribution in [0.2, 0.25) is 0 Å². The average Bonchev–Trinajstić information content (AvgIpc) is 3.34. The third kappa shape index (κ3) is 3.39. The van der Waals surface area contributed by atoms with E-state index in [0.717, 1.165) is 12.1 Å².